The standard InChI is InChI=1S/C10H19N5O2/c1-2-14-7-8(10(12)17-13)9(11)15-3-5-16-6-4-15/h7,11H,2-6,12-13H2,1H3. The Morgan fingerprint density at radius 3 is 2.71 bits per heavy atom. The zero-order valence-corrected chi connectivity index (χ0v) is 9.98. The maximum atomic E-state index is 8.06. The number of nitrogens with zero attached hydrogens (tertiary/aromatic N) is 2. The van der Waals surface area contributed by atoms with Crippen LogP contribution in [0.25, 0.3) is 0 Å². The molecule has 1 rings (SSSR count). The van der Waals surface area contributed by atoms with Crippen LogP contribution < -0.4 is 11.6 Å². The van der Waals surface area contributed by atoms with Crippen molar-refractivity contribution in [3.8, 4) is 0 Å². The number of nitrogens with one attached hydrogen (secondary N) is 1. The summed E-state index contributed by atoms with van der Waals surface area (Å²) in [5.41, 5.74) is 6.01. The lowest BCUT2D eigenvalue weighted by molar-refractivity contribution is 0.0678. The SMILES string of the molecule is CCN=CC(C(=N)N1CCOCC1)=C(N)ON. The van der Waals surface area contributed by atoms with Crippen LogP contribution in [0.4, 0.5) is 0 Å². The van der Waals surface area contributed by atoms with Gasteiger partial charge in [0.25, 0.3) is 0 Å². The van der Waals surface area contributed by atoms with Gasteiger partial charge >= 0.3 is 0 Å². The van der Waals surface area contributed by atoms with Crippen molar-refractivity contribution in [3.63, 3.8) is 0 Å². The van der Waals surface area contributed by atoms with E-state index in [2.05, 4.69) is 9.83 Å². The number of ether oxygens (including phenoxy) is 1. The summed E-state index contributed by atoms with van der Waals surface area (Å²) in [7, 11) is 0. The molecule has 0 spiro atoms. The minimum Gasteiger partial charge on any atom is -0.393 e. The first kappa shape index (κ1) is 13.5. The Balaban J connectivity index is 2.82. The van der Waals surface area contributed by atoms with Gasteiger partial charge in [-0.05, 0) is 6.92 Å². The summed E-state index contributed by atoms with van der Waals surface area (Å²) in [6, 6.07) is 0. The molecule has 1 aliphatic rings. The summed E-state index contributed by atoms with van der Waals surface area (Å²) in [5.74, 6) is 5.28. The third kappa shape index (κ3) is 3.72. The van der Waals surface area contributed by atoms with Crippen molar-refractivity contribution in [2.75, 3.05) is 32.8 Å². The summed E-state index contributed by atoms with van der Waals surface area (Å²) in [4.78, 5) is 10.4. The van der Waals surface area contributed by atoms with E-state index in [9.17, 15) is 0 Å². The van der Waals surface area contributed by atoms with Gasteiger partial charge in [0.15, 0.2) is 0 Å². The van der Waals surface area contributed by atoms with Crippen LogP contribution in [-0.4, -0.2) is 49.8 Å². The van der Waals surface area contributed by atoms with E-state index in [0.29, 0.717) is 38.4 Å². The van der Waals surface area contributed by atoms with E-state index in [1.807, 2.05) is 11.8 Å². The molecular weight excluding hydrogens is 222 g/mol. The average Bonchev–Trinajstić information content (AvgIpc) is 2.39. The number of aliphatic imine (C=N–C) groups is 1. The zero-order valence-electron chi connectivity index (χ0n) is 9.98. The van der Waals surface area contributed by atoms with Crippen LogP contribution in [-0.2, 0) is 9.57 Å². The molecule has 0 aliphatic carbocycles. The smallest absolute Gasteiger partial charge is 0.221 e. The van der Waals surface area contributed by atoms with E-state index in [1.54, 1.807) is 0 Å². The summed E-state index contributed by atoms with van der Waals surface area (Å²) in [6.07, 6.45) is 1.51. The average molecular weight is 241 g/mol. The minimum atomic E-state index is -0.00121. The van der Waals surface area contributed by atoms with Gasteiger partial charge in [-0.15, -0.1) is 0 Å². The largest absolute Gasteiger partial charge is 0.393 e. The summed E-state index contributed by atoms with van der Waals surface area (Å²) >= 11 is 0. The highest BCUT2D eigenvalue weighted by Crippen LogP contribution is 2.06. The fourth-order valence-corrected chi connectivity index (χ4v) is 1.44. The number of morpholine rings is 1. The molecule has 17 heavy (non-hydrogen) atoms. The second-order valence-corrected chi connectivity index (χ2v) is 3.47. The topological polar surface area (TPSA) is 110 Å². The van der Waals surface area contributed by atoms with Crippen molar-refractivity contribution in [1.29, 1.82) is 5.41 Å². The Morgan fingerprint density at radius 1 is 1.53 bits per heavy atom. The monoisotopic (exact) mass is 241 g/mol. The van der Waals surface area contributed by atoms with Gasteiger partial charge < -0.3 is 20.2 Å². The molecule has 1 aliphatic heterocycles. The molecule has 96 valence electrons. The Kier molecular flexibility index (Phi) is 5.44. The molecule has 5 N–H and O–H groups in total. The lowest BCUT2D eigenvalue weighted by Gasteiger charge is -2.29. The molecule has 0 radical (unpaired) electrons. The van der Waals surface area contributed by atoms with Crippen molar-refractivity contribution in [1.82, 2.24) is 4.90 Å². The van der Waals surface area contributed by atoms with Crippen molar-refractivity contribution in [2.45, 2.75) is 6.92 Å². The summed E-state index contributed by atoms with van der Waals surface area (Å²) in [5, 5.41) is 8.06. The molecule has 7 heteroatoms. The highest BCUT2D eigenvalue weighted by Gasteiger charge is 2.19. The van der Waals surface area contributed by atoms with Gasteiger partial charge in [-0.1, -0.05) is 0 Å². The Labute approximate surface area is 101 Å². The van der Waals surface area contributed by atoms with Gasteiger partial charge in [0.05, 0.1) is 18.8 Å². The third-order valence-electron chi connectivity index (χ3n) is 2.38. The maximum absolute atomic E-state index is 8.06. The van der Waals surface area contributed by atoms with Crippen LogP contribution in [0.3, 0.4) is 0 Å². The molecule has 0 amide bonds. The van der Waals surface area contributed by atoms with Crippen LogP contribution >= 0.6 is 0 Å². The first-order chi connectivity index (χ1) is 8.20. The molecule has 0 aromatic heterocycles. The highest BCUT2D eigenvalue weighted by molar-refractivity contribution is 6.13. The van der Waals surface area contributed by atoms with Crippen molar-refractivity contribution >= 4 is 12.1 Å². The van der Waals surface area contributed by atoms with Crippen LogP contribution in [0, 0.1) is 5.41 Å². The Hall–Kier alpha value is -1.60. The molecule has 1 heterocycles. The zero-order chi connectivity index (χ0) is 12.7. The van der Waals surface area contributed by atoms with Crippen molar-refractivity contribution < 1.29 is 9.57 Å². The van der Waals surface area contributed by atoms with Gasteiger partial charge in [-0.2, -0.15) is 5.90 Å². The van der Waals surface area contributed by atoms with E-state index >= 15 is 0 Å². The number of nitrogens with two attached hydrogens (primary N) is 2. The van der Waals surface area contributed by atoms with Crippen molar-refractivity contribution in [2.24, 2.45) is 16.6 Å². The highest BCUT2D eigenvalue weighted by atomic mass is 16.6. The summed E-state index contributed by atoms with van der Waals surface area (Å²) in [6.45, 7) is 5.01. The second kappa shape index (κ2) is 6.87. The molecule has 0 atom stereocenters. The first-order valence-electron chi connectivity index (χ1n) is 5.48. The molecule has 1 fully saturated rings. The van der Waals surface area contributed by atoms with E-state index in [1.165, 1.54) is 6.21 Å². The minimum absolute atomic E-state index is 0.00121. The molecule has 0 aromatic rings. The van der Waals surface area contributed by atoms with Gasteiger partial charge in [0.1, 0.15) is 5.84 Å². The molecule has 0 aromatic carbocycles. The van der Waals surface area contributed by atoms with Crippen LogP contribution in [0.1, 0.15) is 6.92 Å². The number of rotatable bonds is 4. The van der Waals surface area contributed by atoms with Crippen LogP contribution in [0.5, 0.6) is 0 Å². The van der Waals surface area contributed by atoms with E-state index in [0.717, 1.165) is 0 Å². The molecule has 0 unspecified atom stereocenters. The lowest BCUT2D eigenvalue weighted by atomic mass is 10.2. The predicted molar refractivity (Wildman–Crippen MR) is 65.6 cm³/mol. The predicted octanol–water partition coefficient (Wildman–Crippen LogP) is -0.553. The summed E-state index contributed by atoms with van der Waals surface area (Å²) < 4.78 is 5.22. The number of amidine groups is 1. The molecule has 7 nitrogen and oxygen atoms in total. The van der Waals surface area contributed by atoms with Gasteiger partial charge in [-0.3, -0.25) is 10.4 Å². The normalized spacial score (nSPS) is 18.1. The van der Waals surface area contributed by atoms with Crippen molar-refractivity contribution in [3.05, 3.63) is 11.5 Å². The fourth-order valence-electron chi connectivity index (χ4n) is 1.44. The second-order valence-electron chi connectivity index (χ2n) is 3.47. The third-order valence-corrected chi connectivity index (χ3v) is 2.38. The van der Waals surface area contributed by atoms with Crippen LogP contribution in [0.2, 0.25) is 0 Å². The molecular formula is C10H19N5O2. The number of hydrogen-bond donors (Lipinski definition) is 3. The van der Waals surface area contributed by atoms with Gasteiger partial charge in [-0.25, -0.2) is 0 Å². The molecule has 0 saturated carbocycles. The molecule has 1 saturated heterocycles. The lowest BCUT2D eigenvalue weighted by Crippen LogP contribution is -2.42. The van der Waals surface area contributed by atoms with E-state index < -0.39 is 0 Å². The Morgan fingerprint density at radius 2 is 2.18 bits per heavy atom. The van der Waals surface area contributed by atoms with Gasteiger partial charge in [0.2, 0.25) is 5.88 Å². The Bertz CT molecular complexity index is 321. The quantitative estimate of drug-likeness (QED) is 0.265. The first-order valence-corrected chi connectivity index (χ1v) is 5.48. The number of hydrogen-bond acceptors (Lipinski definition) is 6. The van der Waals surface area contributed by atoms with Gasteiger partial charge in [0, 0.05) is 25.8 Å². The fraction of sp³-hybridized carbons (Fsp3) is 0.600. The van der Waals surface area contributed by atoms with Crippen LogP contribution in [0.15, 0.2) is 16.4 Å². The van der Waals surface area contributed by atoms with E-state index in [4.69, 9.17) is 21.8 Å². The maximum Gasteiger partial charge on any atom is 0.221 e. The molecule has 0 bridgehead atoms. The van der Waals surface area contributed by atoms with E-state index in [-0.39, 0.29) is 11.7 Å².